The molecule has 0 saturated heterocycles. The maximum absolute atomic E-state index is 5.57. The Morgan fingerprint density at radius 3 is 2.45 bits per heavy atom. The van der Waals surface area contributed by atoms with E-state index in [1.807, 2.05) is 20.9 Å². The van der Waals surface area contributed by atoms with E-state index in [1.165, 1.54) is 0 Å². The van der Waals surface area contributed by atoms with E-state index in [2.05, 4.69) is 36.1 Å². The van der Waals surface area contributed by atoms with Crippen molar-refractivity contribution in [3.8, 4) is 0 Å². The number of hydrazine groups is 1. The van der Waals surface area contributed by atoms with Crippen molar-refractivity contribution in [3.63, 3.8) is 0 Å². The molecule has 1 aromatic rings. The van der Waals surface area contributed by atoms with Crippen LogP contribution in [0.3, 0.4) is 0 Å². The van der Waals surface area contributed by atoms with Crippen LogP contribution < -0.4 is 16.2 Å². The number of nitrogens with one attached hydrogen (secondary N) is 1. The molecule has 1 rings (SSSR count). The fourth-order valence-electron chi connectivity index (χ4n) is 1.80. The summed E-state index contributed by atoms with van der Waals surface area (Å²) >= 11 is 0. The largest absolute Gasteiger partial charge is 0.380 e. The average molecular weight is 281 g/mol. The van der Waals surface area contributed by atoms with Crippen LogP contribution in [-0.4, -0.2) is 36.8 Å². The van der Waals surface area contributed by atoms with Gasteiger partial charge < -0.3 is 15.1 Å². The number of likely N-dealkylation sites (N-methyl/N-ethyl adjacent to an activating group) is 1. The van der Waals surface area contributed by atoms with Gasteiger partial charge >= 0.3 is 0 Å². The molecule has 0 saturated carbocycles. The molecular formula is C14H27N5O. The minimum Gasteiger partial charge on any atom is -0.380 e. The highest BCUT2D eigenvalue weighted by Gasteiger charge is 2.22. The Kier molecular flexibility index (Phi) is 5.71. The second kappa shape index (κ2) is 6.85. The second-order valence-electron chi connectivity index (χ2n) is 5.86. The van der Waals surface area contributed by atoms with Gasteiger partial charge in [-0.1, -0.05) is 20.8 Å². The van der Waals surface area contributed by atoms with Gasteiger partial charge in [0.2, 0.25) is 0 Å². The highest BCUT2D eigenvalue weighted by Crippen LogP contribution is 2.27. The lowest BCUT2D eigenvalue weighted by atomic mass is 9.95. The second-order valence-corrected chi connectivity index (χ2v) is 5.86. The summed E-state index contributed by atoms with van der Waals surface area (Å²) in [4.78, 5) is 11.3. The quantitative estimate of drug-likeness (QED) is 0.471. The number of ether oxygens (including phenoxy) is 1. The zero-order valence-electron chi connectivity index (χ0n) is 13.4. The maximum atomic E-state index is 5.57. The topological polar surface area (TPSA) is 76.3 Å². The number of nitrogen functional groups attached to an aromatic ring is 1. The summed E-state index contributed by atoms with van der Waals surface area (Å²) in [5.74, 6) is 7.90. The Morgan fingerprint density at radius 2 is 1.95 bits per heavy atom. The van der Waals surface area contributed by atoms with Gasteiger partial charge in [-0.3, -0.25) is 0 Å². The molecule has 0 bridgehead atoms. The van der Waals surface area contributed by atoms with E-state index >= 15 is 0 Å². The van der Waals surface area contributed by atoms with Gasteiger partial charge in [-0.2, -0.15) is 0 Å². The molecule has 0 radical (unpaired) electrons. The van der Waals surface area contributed by atoms with E-state index in [4.69, 9.17) is 15.6 Å². The van der Waals surface area contributed by atoms with Crippen LogP contribution in [0, 0.1) is 6.92 Å². The van der Waals surface area contributed by atoms with Crippen LogP contribution >= 0.6 is 0 Å². The predicted molar refractivity (Wildman–Crippen MR) is 83.0 cm³/mol. The van der Waals surface area contributed by atoms with E-state index in [-0.39, 0.29) is 5.41 Å². The lowest BCUT2D eigenvalue weighted by Crippen LogP contribution is -2.28. The smallest absolute Gasteiger partial charge is 0.148 e. The first-order valence-electron chi connectivity index (χ1n) is 6.95. The van der Waals surface area contributed by atoms with Crippen molar-refractivity contribution in [2.45, 2.75) is 40.0 Å². The lowest BCUT2D eigenvalue weighted by Gasteiger charge is -2.25. The SMILES string of the molecule is CCOCCN(C)c1nc(C(C)(C)C)nc(NN)c1C. The first kappa shape index (κ1) is 16.7. The zero-order valence-corrected chi connectivity index (χ0v) is 13.4. The van der Waals surface area contributed by atoms with Crippen molar-refractivity contribution >= 4 is 11.6 Å². The Morgan fingerprint density at radius 1 is 1.30 bits per heavy atom. The summed E-state index contributed by atoms with van der Waals surface area (Å²) in [5.41, 5.74) is 3.48. The summed E-state index contributed by atoms with van der Waals surface area (Å²) in [6.07, 6.45) is 0. The molecule has 0 fully saturated rings. The Balaban J connectivity index is 3.10. The van der Waals surface area contributed by atoms with Gasteiger partial charge in [0.05, 0.1) is 6.61 Å². The summed E-state index contributed by atoms with van der Waals surface area (Å²) in [7, 11) is 2.00. The maximum Gasteiger partial charge on any atom is 0.148 e. The third kappa shape index (κ3) is 4.05. The zero-order chi connectivity index (χ0) is 15.3. The van der Waals surface area contributed by atoms with Gasteiger partial charge in [0.15, 0.2) is 0 Å². The van der Waals surface area contributed by atoms with Crippen LogP contribution in [0.2, 0.25) is 0 Å². The Hall–Kier alpha value is -1.40. The van der Waals surface area contributed by atoms with Gasteiger partial charge in [-0.15, -0.1) is 0 Å². The molecule has 1 heterocycles. The molecule has 0 unspecified atom stereocenters. The molecule has 0 amide bonds. The minimum absolute atomic E-state index is 0.130. The van der Waals surface area contributed by atoms with Crippen LogP contribution in [0.4, 0.5) is 11.6 Å². The standard InChI is InChI=1S/C14H27N5O/c1-7-20-9-8-19(6)12-10(2)11(18-15)16-13(17-12)14(3,4)5/h7-9,15H2,1-6H3,(H,16,17,18). The normalized spacial score (nSPS) is 11.6. The van der Waals surface area contributed by atoms with E-state index in [1.54, 1.807) is 0 Å². The van der Waals surface area contributed by atoms with Crippen LogP contribution in [0.25, 0.3) is 0 Å². The number of rotatable bonds is 6. The molecule has 6 nitrogen and oxygen atoms in total. The summed E-state index contributed by atoms with van der Waals surface area (Å²) < 4.78 is 5.39. The number of aromatic nitrogens is 2. The van der Waals surface area contributed by atoms with Crippen LogP contribution in [0.5, 0.6) is 0 Å². The van der Waals surface area contributed by atoms with E-state index < -0.39 is 0 Å². The first-order chi connectivity index (χ1) is 9.31. The molecule has 0 spiro atoms. The molecule has 3 N–H and O–H groups in total. The summed E-state index contributed by atoms with van der Waals surface area (Å²) in [5, 5.41) is 0. The van der Waals surface area contributed by atoms with Crippen LogP contribution in [0.1, 0.15) is 39.1 Å². The molecule has 20 heavy (non-hydrogen) atoms. The van der Waals surface area contributed by atoms with Gasteiger partial charge in [0, 0.05) is 31.2 Å². The number of hydrogen-bond donors (Lipinski definition) is 2. The molecule has 1 aromatic heterocycles. The number of nitrogens with zero attached hydrogens (tertiary/aromatic N) is 3. The van der Waals surface area contributed by atoms with Gasteiger partial charge in [0.1, 0.15) is 17.5 Å². The van der Waals surface area contributed by atoms with Gasteiger partial charge in [0.25, 0.3) is 0 Å². The van der Waals surface area contributed by atoms with Crippen molar-refractivity contribution in [2.75, 3.05) is 37.1 Å². The number of anilines is 2. The monoisotopic (exact) mass is 281 g/mol. The van der Waals surface area contributed by atoms with Crippen molar-refractivity contribution < 1.29 is 4.74 Å². The first-order valence-corrected chi connectivity index (χ1v) is 6.95. The predicted octanol–water partition coefficient (Wildman–Crippen LogP) is 1.84. The average Bonchev–Trinajstić information content (AvgIpc) is 2.37. The van der Waals surface area contributed by atoms with E-state index in [9.17, 15) is 0 Å². The molecule has 6 heteroatoms. The third-order valence-electron chi connectivity index (χ3n) is 3.06. The minimum atomic E-state index is -0.130. The summed E-state index contributed by atoms with van der Waals surface area (Å²) in [6, 6.07) is 0. The number of hydrogen-bond acceptors (Lipinski definition) is 6. The Labute approximate surface area is 121 Å². The molecule has 0 aliphatic rings. The summed E-state index contributed by atoms with van der Waals surface area (Å²) in [6.45, 7) is 12.4. The third-order valence-corrected chi connectivity index (χ3v) is 3.06. The fraction of sp³-hybridized carbons (Fsp3) is 0.714. The van der Waals surface area contributed by atoms with E-state index in [0.29, 0.717) is 12.4 Å². The fourth-order valence-corrected chi connectivity index (χ4v) is 1.80. The Bertz CT molecular complexity index is 442. The van der Waals surface area contributed by atoms with Crippen molar-refractivity contribution in [1.82, 2.24) is 9.97 Å². The van der Waals surface area contributed by atoms with Crippen molar-refractivity contribution in [2.24, 2.45) is 5.84 Å². The molecule has 114 valence electrons. The van der Waals surface area contributed by atoms with Crippen LogP contribution in [-0.2, 0) is 10.2 Å². The van der Waals surface area contributed by atoms with Crippen molar-refractivity contribution in [3.05, 3.63) is 11.4 Å². The van der Waals surface area contributed by atoms with Gasteiger partial charge in [-0.25, -0.2) is 15.8 Å². The lowest BCUT2D eigenvalue weighted by molar-refractivity contribution is 0.154. The molecular weight excluding hydrogens is 254 g/mol. The van der Waals surface area contributed by atoms with E-state index in [0.717, 1.165) is 30.4 Å². The van der Waals surface area contributed by atoms with Crippen LogP contribution in [0.15, 0.2) is 0 Å². The van der Waals surface area contributed by atoms with Gasteiger partial charge in [-0.05, 0) is 13.8 Å². The molecule has 0 atom stereocenters. The molecule has 0 aromatic carbocycles. The molecule has 0 aliphatic heterocycles. The number of nitrogens with two attached hydrogens (primary N) is 1. The molecule has 0 aliphatic carbocycles. The van der Waals surface area contributed by atoms with Crippen molar-refractivity contribution in [1.29, 1.82) is 0 Å². The highest BCUT2D eigenvalue weighted by atomic mass is 16.5. The highest BCUT2D eigenvalue weighted by molar-refractivity contribution is 5.58.